The van der Waals surface area contributed by atoms with Crippen LogP contribution in [0.4, 0.5) is 5.82 Å². The average molecular weight is 328 g/mol. The highest BCUT2D eigenvalue weighted by Gasteiger charge is 2.14. The van der Waals surface area contributed by atoms with Crippen LogP contribution in [-0.2, 0) is 10.0 Å². The summed E-state index contributed by atoms with van der Waals surface area (Å²) in [5.41, 5.74) is 6.05. The quantitative estimate of drug-likeness (QED) is 0.841. The van der Waals surface area contributed by atoms with Crippen LogP contribution in [0.25, 0.3) is 0 Å². The maximum atomic E-state index is 12.1. The molecule has 0 amide bonds. The van der Waals surface area contributed by atoms with E-state index in [2.05, 4.69) is 9.71 Å². The van der Waals surface area contributed by atoms with E-state index in [0.717, 1.165) is 0 Å². The first-order valence-electron chi connectivity index (χ1n) is 5.43. The first-order chi connectivity index (χ1) is 9.38. The van der Waals surface area contributed by atoms with Crippen LogP contribution < -0.4 is 10.5 Å². The number of halogens is 1. The SMILES string of the molecule is NC(=S)c1ccc(S(=O)(=O)Nc2ccc(Cl)cn2)cc1. The zero-order valence-corrected chi connectivity index (χ0v) is 12.5. The Hall–Kier alpha value is -1.70. The summed E-state index contributed by atoms with van der Waals surface area (Å²) >= 11 is 10.5. The predicted molar refractivity (Wildman–Crippen MR) is 82.4 cm³/mol. The summed E-state index contributed by atoms with van der Waals surface area (Å²) in [4.78, 5) is 4.17. The second-order valence-electron chi connectivity index (χ2n) is 3.86. The minimum absolute atomic E-state index is 0.0919. The number of hydrogen-bond acceptors (Lipinski definition) is 4. The van der Waals surface area contributed by atoms with Crippen molar-refractivity contribution in [3.8, 4) is 0 Å². The maximum Gasteiger partial charge on any atom is 0.263 e. The van der Waals surface area contributed by atoms with Gasteiger partial charge in [-0.2, -0.15) is 0 Å². The van der Waals surface area contributed by atoms with Gasteiger partial charge in [0.1, 0.15) is 10.8 Å². The lowest BCUT2D eigenvalue weighted by molar-refractivity contribution is 0.601. The van der Waals surface area contributed by atoms with Crippen molar-refractivity contribution in [2.24, 2.45) is 5.73 Å². The van der Waals surface area contributed by atoms with Crippen LogP contribution in [0, 0.1) is 0 Å². The number of anilines is 1. The van der Waals surface area contributed by atoms with Gasteiger partial charge in [-0.05, 0) is 24.3 Å². The molecule has 0 fully saturated rings. The molecule has 0 saturated carbocycles. The number of sulfonamides is 1. The van der Waals surface area contributed by atoms with E-state index in [1.807, 2.05) is 0 Å². The lowest BCUT2D eigenvalue weighted by Gasteiger charge is -2.07. The second kappa shape index (κ2) is 5.74. The molecule has 0 saturated heterocycles. The van der Waals surface area contributed by atoms with Gasteiger partial charge in [-0.3, -0.25) is 4.72 Å². The molecule has 0 atom stereocenters. The number of nitrogens with one attached hydrogen (secondary N) is 1. The zero-order chi connectivity index (χ0) is 14.8. The number of hydrogen-bond donors (Lipinski definition) is 2. The molecule has 0 aliphatic rings. The molecule has 1 aromatic heterocycles. The summed E-state index contributed by atoms with van der Waals surface area (Å²) in [6, 6.07) is 8.96. The summed E-state index contributed by atoms with van der Waals surface area (Å²) in [5.74, 6) is 0.188. The molecule has 20 heavy (non-hydrogen) atoms. The van der Waals surface area contributed by atoms with E-state index in [0.29, 0.717) is 10.6 Å². The second-order valence-corrected chi connectivity index (χ2v) is 6.41. The Morgan fingerprint density at radius 1 is 1.20 bits per heavy atom. The maximum absolute atomic E-state index is 12.1. The van der Waals surface area contributed by atoms with Crippen LogP contribution in [0.2, 0.25) is 5.02 Å². The fraction of sp³-hybridized carbons (Fsp3) is 0. The van der Waals surface area contributed by atoms with Crippen molar-refractivity contribution in [3.63, 3.8) is 0 Å². The van der Waals surface area contributed by atoms with Crippen molar-refractivity contribution in [3.05, 3.63) is 53.2 Å². The third kappa shape index (κ3) is 3.44. The third-order valence-corrected chi connectivity index (χ3v) is 4.25. The minimum Gasteiger partial charge on any atom is -0.389 e. The molecule has 5 nitrogen and oxygen atoms in total. The van der Waals surface area contributed by atoms with Crippen molar-refractivity contribution >= 4 is 44.6 Å². The monoisotopic (exact) mass is 327 g/mol. The molecule has 0 unspecified atom stereocenters. The van der Waals surface area contributed by atoms with Crippen molar-refractivity contribution < 1.29 is 8.42 Å². The fourth-order valence-corrected chi connectivity index (χ4v) is 2.69. The molecule has 0 radical (unpaired) electrons. The molecule has 2 rings (SSSR count). The van der Waals surface area contributed by atoms with Crippen molar-refractivity contribution in [1.29, 1.82) is 0 Å². The number of aromatic nitrogens is 1. The predicted octanol–water partition coefficient (Wildman–Crippen LogP) is 2.17. The number of rotatable bonds is 4. The molecule has 1 aromatic carbocycles. The van der Waals surface area contributed by atoms with E-state index in [4.69, 9.17) is 29.6 Å². The van der Waals surface area contributed by atoms with E-state index < -0.39 is 10.0 Å². The van der Waals surface area contributed by atoms with Crippen LogP contribution in [-0.4, -0.2) is 18.4 Å². The Morgan fingerprint density at radius 2 is 1.85 bits per heavy atom. The first kappa shape index (κ1) is 14.7. The van der Waals surface area contributed by atoms with Crippen molar-refractivity contribution in [2.45, 2.75) is 4.90 Å². The van der Waals surface area contributed by atoms with Gasteiger partial charge < -0.3 is 5.73 Å². The number of thiocarbonyl (C=S) groups is 1. The summed E-state index contributed by atoms with van der Waals surface area (Å²) in [6.07, 6.45) is 1.36. The number of pyridine rings is 1. The average Bonchev–Trinajstić information content (AvgIpc) is 2.41. The van der Waals surface area contributed by atoms with Crippen molar-refractivity contribution in [2.75, 3.05) is 4.72 Å². The van der Waals surface area contributed by atoms with E-state index >= 15 is 0 Å². The highest BCUT2D eigenvalue weighted by Crippen LogP contribution is 2.16. The molecular formula is C12H10ClN3O2S2. The van der Waals surface area contributed by atoms with E-state index in [9.17, 15) is 8.42 Å². The van der Waals surface area contributed by atoms with Crippen LogP contribution >= 0.6 is 23.8 Å². The normalized spacial score (nSPS) is 11.1. The Labute approximate surface area is 126 Å². The van der Waals surface area contributed by atoms with Crippen LogP contribution in [0.5, 0.6) is 0 Å². The van der Waals surface area contributed by atoms with E-state index in [1.54, 1.807) is 18.2 Å². The highest BCUT2D eigenvalue weighted by molar-refractivity contribution is 7.92. The third-order valence-electron chi connectivity index (χ3n) is 2.42. The fourth-order valence-electron chi connectivity index (χ4n) is 1.43. The van der Waals surface area contributed by atoms with Crippen LogP contribution in [0.15, 0.2) is 47.5 Å². The van der Waals surface area contributed by atoms with Crippen LogP contribution in [0.3, 0.4) is 0 Å². The van der Waals surface area contributed by atoms with E-state index in [-0.39, 0.29) is 15.7 Å². The number of benzene rings is 1. The van der Waals surface area contributed by atoms with Crippen LogP contribution in [0.1, 0.15) is 5.56 Å². The van der Waals surface area contributed by atoms with Gasteiger partial charge in [0.05, 0.1) is 9.92 Å². The molecule has 104 valence electrons. The molecule has 0 spiro atoms. The van der Waals surface area contributed by atoms with Gasteiger partial charge in [-0.1, -0.05) is 36.0 Å². The molecule has 0 bridgehead atoms. The standard InChI is InChI=1S/C12H10ClN3O2S2/c13-9-3-6-11(15-7-9)16-20(17,18)10-4-1-8(2-5-10)12(14)19/h1-7H,(H2,14,19)(H,15,16). The van der Waals surface area contributed by atoms with Gasteiger partial charge >= 0.3 is 0 Å². The Kier molecular flexibility index (Phi) is 4.22. The molecule has 8 heteroatoms. The number of nitrogens with two attached hydrogens (primary N) is 1. The lowest BCUT2D eigenvalue weighted by Crippen LogP contribution is -2.14. The summed E-state index contributed by atoms with van der Waals surface area (Å²) in [5, 5.41) is 0.425. The smallest absolute Gasteiger partial charge is 0.263 e. The first-order valence-corrected chi connectivity index (χ1v) is 7.70. The van der Waals surface area contributed by atoms with Gasteiger partial charge in [-0.25, -0.2) is 13.4 Å². The summed E-state index contributed by atoms with van der Waals surface area (Å²) in [6.45, 7) is 0. The molecule has 1 heterocycles. The lowest BCUT2D eigenvalue weighted by atomic mass is 10.2. The van der Waals surface area contributed by atoms with Gasteiger partial charge in [0.2, 0.25) is 0 Å². The Balaban J connectivity index is 2.26. The molecule has 2 aromatic rings. The topological polar surface area (TPSA) is 85.1 Å². The van der Waals surface area contributed by atoms with Gasteiger partial charge in [0, 0.05) is 11.8 Å². The number of nitrogens with zero attached hydrogens (tertiary/aromatic N) is 1. The van der Waals surface area contributed by atoms with E-state index in [1.165, 1.54) is 24.4 Å². The zero-order valence-electron chi connectivity index (χ0n) is 10.1. The Morgan fingerprint density at radius 3 is 2.35 bits per heavy atom. The minimum atomic E-state index is -3.71. The summed E-state index contributed by atoms with van der Waals surface area (Å²) in [7, 11) is -3.71. The Bertz CT molecular complexity index is 728. The van der Waals surface area contributed by atoms with Gasteiger partial charge in [0.25, 0.3) is 10.0 Å². The molecule has 0 aliphatic heterocycles. The summed E-state index contributed by atoms with van der Waals surface area (Å²) < 4.78 is 26.6. The van der Waals surface area contributed by atoms with Crippen molar-refractivity contribution in [1.82, 2.24) is 4.98 Å². The molecule has 0 aliphatic carbocycles. The molecule has 3 N–H and O–H groups in total. The van der Waals surface area contributed by atoms with Gasteiger partial charge in [0.15, 0.2) is 0 Å². The highest BCUT2D eigenvalue weighted by atomic mass is 35.5. The van der Waals surface area contributed by atoms with Gasteiger partial charge in [-0.15, -0.1) is 0 Å². The largest absolute Gasteiger partial charge is 0.389 e. The molecular weight excluding hydrogens is 318 g/mol.